The lowest BCUT2D eigenvalue weighted by Crippen LogP contribution is -2.45. The van der Waals surface area contributed by atoms with Gasteiger partial charge in [0.1, 0.15) is 0 Å². The van der Waals surface area contributed by atoms with Gasteiger partial charge in [0.2, 0.25) is 0 Å². The summed E-state index contributed by atoms with van der Waals surface area (Å²) >= 11 is 0. The first-order valence-electron chi connectivity index (χ1n) is 6.68. The van der Waals surface area contributed by atoms with Gasteiger partial charge in [0.15, 0.2) is 0 Å². The number of hydrogen-bond acceptors (Lipinski definition) is 3. The average Bonchev–Trinajstić information content (AvgIpc) is 2.33. The third-order valence-electron chi connectivity index (χ3n) is 3.12. The van der Waals surface area contributed by atoms with Crippen molar-refractivity contribution in [2.24, 2.45) is 0 Å². The van der Waals surface area contributed by atoms with Crippen molar-refractivity contribution >= 4 is 17.3 Å². The van der Waals surface area contributed by atoms with Gasteiger partial charge in [-0.2, -0.15) is 0 Å². The SMILES string of the molecule is C=CCN(C(=O)c1ccc(N(C)C)c(N)c1)C(C)(C)C. The number of nitrogens with zero attached hydrogens (tertiary/aromatic N) is 2. The van der Waals surface area contributed by atoms with Crippen LogP contribution in [0.1, 0.15) is 31.1 Å². The lowest BCUT2D eigenvalue weighted by Gasteiger charge is -2.35. The number of carbonyl (C=O) groups is 1. The molecule has 1 rings (SSSR count). The zero-order chi connectivity index (χ0) is 15.5. The maximum atomic E-state index is 12.6. The van der Waals surface area contributed by atoms with E-state index in [9.17, 15) is 4.79 Å². The fraction of sp³-hybridized carbons (Fsp3) is 0.438. The normalized spacial score (nSPS) is 11.1. The second-order valence-electron chi connectivity index (χ2n) is 6.04. The molecule has 0 saturated heterocycles. The minimum absolute atomic E-state index is 0.0330. The molecule has 20 heavy (non-hydrogen) atoms. The van der Waals surface area contributed by atoms with Crippen LogP contribution in [0, 0.1) is 0 Å². The number of anilines is 2. The minimum Gasteiger partial charge on any atom is -0.397 e. The summed E-state index contributed by atoms with van der Waals surface area (Å²) in [6.45, 7) is 10.2. The highest BCUT2D eigenvalue weighted by molar-refractivity contribution is 5.96. The molecule has 0 aliphatic heterocycles. The number of hydrogen-bond donors (Lipinski definition) is 1. The zero-order valence-corrected chi connectivity index (χ0v) is 13.1. The predicted molar refractivity (Wildman–Crippen MR) is 86.2 cm³/mol. The Kier molecular flexibility index (Phi) is 4.82. The van der Waals surface area contributed by atoms with Crippen LogP contribution in [-0.4, -0.2) is 37.0 Å². The number of carbonyl (C=O) groups excluding carboxylic acids is 1. The summed E-state index contributed by atoms with van der Waals surface area (Å²) < 4.78 is 0. The van der Waals surface area contributed by atoms with Crippen molar-refractivity contribution in [3.05, 3.63) is 36.4 Å². The molecule has 0 radical (unpaired) electrons. The van der Waals surface area contributed by atoms with Crippen molar-refractivity contribution in [2.75, 3.05) is 31.3 Å². The van der Waals surface area contributed by atoms with Gasteiger partial charge in [0, 0.05) is 31.7 Å². The van der Waals surface area contributed by atoms with E-state index >= 15 is 0 Å². The third kappa shape index (κ3) is 3.53. The van der Waals surface area contributed by atoms with E-state index in [-0.39, 0.29) is 11.4 Å². The molecule has 0 fully saturated rings. The van der Waals surface area contributed by atoms with Crippen molar-refractivity contribution in [3.63, 3.8) is 0 Å². The van der Waals surface area contributed by atoms with E-state index in [1.807, 2.05) is 51.9 Å². The Labute approximate surface area is 121 Å². The van der Waals surface area contributed by atoms with Gasteiger partial charge in [-0.3, -0.25) is 4.79 Å². The number of nitrogen functional groups attached to an aromatic ring is 1. The lowest BCUT2D eigenvalue weighted by atomic mass is 10.0. The monoisotopic (exact) mass is 275 g/mol. The molecule has 2 N–H and O–H groups in total. The molecular weight excluding hydrogens is 250 g/mol. The van der Waals surface area contributed by atoms with Crippen LogP contribution in [0.25, 0.3) is 0 Å². The molecule has 0 aliphatic rings. The van der Waals surface area contributed by atoms with Crippen molar-refractivity contribution < 1.29 is 4.79 Å². The van der Waals surface area contributed by atoms with Crippen molar-refractivity contribution in [1.82, 2.24) is 4.90 Å². The van der Waals surface area contributed by atoms with Gasteiger partial charge in [0.25, 0.3) is 5.91 Å². The predicted octanol–water partition coefficient (Wildman–Crippen LogP) is 2.76. The highest BCUT2D eigenvalue weighted by atomic mass is 16.2. The molecule has 1 amide bonds. The maximum Gasteiger partial charge on any atom is 0.254 e. The van der Waals surface area contributed by atoms with E-state index in [2.05, 4.69) is 6.58 Å². The molecule has 1 aromatic carbocycles. The first-order chi connectivity index (χ1) is 9.18. The lowest BCUT2D eigenvalue weighted by molar-refractivity contribution is 0.0616. The first-order valence-corrected chi connectivity index (χ1v) is 6.68. The smallest absolute Gasteiger partial charge is 0.254 e. The topological polar surface area (TPSA) is 49.6 Å². The van der Waals surface area contributed by atoms with Crippen LogP contribution >= 0.6 is 0 Å². The largest absolute Gasteiger partial charge is 0.397 e. The third-order valence-corrected chi connectivity index (χ3v) is 3.12. The van der Waals surface area contributed by atoms with Crippen LogP contribution in [0.4, 0.5) is 11.4 Å². The summed E-state index contributed by atoms with van der Waals surface area (Å²) in [6.07, 6.45) is 1.74. The van der Waals surface area contributed by atoms with E-state index in [1.165, 1.54) is 0 Å². The van der Waals surface area contributed by atoms with Gasteiger partial charge in [-0.15, -0.1) is 6.58 Å². The summed E-state index contributed by atoms with van der Waals surface area (Å²) in [5.41, 5.74) is 7.86. The number of rotatable bonds is 4. The van der Waals surface area contributed by atoms with Crippen LogP contribution in [0.5, 0.6) is 0 Å². The molecule has 0 aromatic heterocycles. The van der Waals surface area contributed by atoms with Gasteiger partial charge in [0.05, 0.1) is 11.4 Å². The Morgan fingerprint density at radius 3 is 2.35 bits per heavy atom. The average molecular weight is 275 g/mol. The molecule has 0 atom stereocenters. The van der Waals surface area contributed by atoms with Gasteiger partial charge in [-0.25, -0.2) is 0 Å². The Morgan fingerprint density at radius 1 is 1.35 bits per heavy atom. The van der Waals surface area contributed by atoms with Crippen LogP contribution in [0.15, 0.2) is 30.9 Å². The summed E-state index contributed by atoms with van der Waals surface area (Å²) in [5.74, 6) is -0.0330. The van der Waals surface area contributed by atoms with E-state index in [0.717, 1.165) is 5.69 Å². The molecule has 4 nitrogen and oxygen atoms in total. The fourth-order valence-corrected chi connectivity index (χ4v) is 2.04. The fourth-order valence-electron chi connectivity index (χ4n) is 2.04. The minimum atomic E-state index is -0.264. The van der Waals surface area contributed by atoms with Gasteiger partial charge >= 0.3 is 0 Å². The molecule has 1 aromatic rings. The van der Waals surface area contributed by atoms with Gasteiger partial charge in [-0.05, 0) is 39.0 Å². The van der Waals surface area contributed by atoms with Crippen LogP contribution in [0.2, 0.25) is 0 Å². The van der Waals surface area contributed by atoms with Crippen molar-refractivity contribution in [2.45, 2.75) is 26.3 Å². The second-order valence-corrected chi connectivity index (χ2v) is 6.04. The Balaban J connectivity index is 3.13. The van der Waals surface area contributed by atoms with Gasteiger partial charge in [-0.1, -0.05) is 6.08 Å². The van der Waals surface area contributed by atoms with E-state index in [0.29, 0.717) is 17.8 Å². The molecule has 0 heterocycles. The van der Waals surface area contributed by atoms with Crippen molar-refractivity contribution in [1.29, 1.82) is 0 Å². The van der Waals surface area contributed by atoms with E-state index < -0.39 is 0 Å². The summed E-state index contributed by atoms with van der Waals surface area (Å²) in [7, 11) is 3.85. The van der Waals surface area contributed by atoms with Gasteiger partial charge < -0.3 is 15.5 Å². The van der Waals surface area contributed by atoms with E-state index in [4.69, 9.17) is 5.73 Å². The first kappa shape index (κ1) is 16.1. The second kappa shape index (κ2) is 5.99. The molecule has 0 unspecified atom stereocenters. The summed E-state index contributed by atoms with van der Waals surface area (Å²) in [6, 6.07) is 5.42. The Morgan fingerprint density at radius 2 is 1.95 bits per heavy atom. The molecule has 110 valence electrons. The van der Waals surface area contributed by atoms with Crippen LogP contribution in [0.3, 0.4) is 0 Å². The standard InChI is InChI=1S/C16H25N3O/c1-7-10-19(16(2,3)4)15(20)12-8-9-14(18(5)6)13(17)11-12/h7-9,11H,1,10,17H2,2-6H3. The molecular formula is C16H25N3O. The molecule has 0 saturated carbocycles. The zero-order valence-electron chi connectivity index (χ0n) is 13.1. The highest BCUT2D eigenvalue weighted by Gasteiger charge is 2.26. The Hall–Kier alpha value is -1.97. The van der Waals surface area contributed by atoms with E-state index in [1.54, 1.807) is 17.0 Å². The summed E-state index contributed by atoms with van der Waals surface area (Å²) in [5, 5.41) is 0. The Bertz CT molecular complexity index is 501. The molecule has 4 heteroatoms. The molecule has 0 aliphatic carbocycles. The molecule has 0 bridgehead atoms. The number of nitrogens with two attached hydrogens (primary N) is 1. The number of benzene rings is 1. The number of amides is 1. The summed E-state index contributed by atoms with van der Waals surface area (Å²) in [4.78, 5) is 16.3. The highest BCUT2D eigenvalue weighted by Crippen LogP contribution is 2.24. The van der Waals surface area contributed by atoms with Crippen molar-refractivity contribution in [3.8, 4) is 0 Å². The quantitative estimate of drug-likeness (QED) is 0.679. The maximum absolute atomic E-state index is 12.6. The molecule has 0 spiro atoms. The van der Waals surface area contributed by atoms with Crippen LogP contribution in [-0.2, 0) is 0 Å². The van der Waals surface area contributed by atoms with Crippen LogP contribution < -0.4 is 10.6 Å².